The van der Waals surface area contributed by atoms with Gasteiger partial charge in [-0.3, -0.25) is 13.3 Å². The molecule has 5 rings (SSSR count). The first-order valence-electron chi connectivity index (χ1n) is 12.2. The summed E-state index contributed by atoms with van der Waals surface area (Å²) in [5, 5.41) is 5.85. The molecule has 12 heteroatoms. The van der Waals surface area contributed by atoms with Gasteiger partial charge in [0.15, 0.2) is 11.6 Å². The number of nitrogens with zero attached hydrogens (tertiary/aromatic N) is 3. The molecule has 208 valence electrons. The fourth-order valence-corrected chi connectivity index (χ4v) is 4.58. The Labute approximate surface area is 237 Å². The summed E-state index contributed by atoms with van der Waals surface area (Å²) in [7, 11) is 3.04. The maximum absolute atomic E-state index is 13.3. The zero-order chi connectivity index (χ0) is 28.9. The fraction of sp³-hybridized carbons (Fsp3) is 0.0690. The first-order valence-corrected chi connectivity index (χ1v) is 13.2. The molecule has 2 N–H and O–H groups in total. The van der Waals surface area contributed by atoms with E-state index in [4.69, 9.17) is 9.47 Å². The molecule has 41 heavy (non-hydrogen) atoms. The Morgan fingerprint density at radius 1 is 0.854 bits per heavy atom. The third-order valence-corrected chi connectivity index (χ3v) is 6.63. The number of para-hydroxylation sites is 2. The Balaban J connectivity index is 1.56. The number of amides is 1. The first kappa shape index (κ1) is 27.5. The number of rotatable bonds is 9. The number of aromatic nitrogens is 2. The quantitative estimate of drug-likeness (QED) is 0.215. The molecule has 0 saturated heterocycles. The third kappa shape index (κ3) is 6.24. The number of benzene rings is 4. The molecule has 10 nitrogen and oxygen atoms in total. The molecular weight excluding hydrogens is 549 g/mol. The van der Waals surface area contributed by atoms with Crippen molar-refractivity contribution in [2.45, 2.75) is 0 Å². The predicted molar refractivity (Wildman–Crippen MR) is 154 cm³/mol. The van der Waals surface area contributed by atoms with Crippen molar-refractivity contribution in [1.82, 2.24) is 9.97 Å². The van der Waals surface area contributed by atoms with Gasteiger partial charge in [-0.05, 0) is 54.6 Å². The summed E-state index contributed by atoms with van der Waals surface area (Å²) in [5.41, 5.74) is 2.25. The molecule has 0 saturated carbocycles. The van der Waals surface area contributed by atoms with Gasteiger partial charge in [-0.15, -0.1) is 0 Å². The van der Waals surface area contributed by atoms with E-state index in [9.17, 15) is 17.9 Å². The summed E-state index contributed by atoms with van der Waals surface area (Å²) in [6.07, 6.45) is 0. The van der Waals surface area contributed by atoms with Gasteiger partial charge in [0.1, 0.15) is 17.3 Å². The number of ether oxygens (including phenoxy) is 2. The predicted octanol–water partition coefficient (Wildman–Crippen LogP) is 5.71. The van der Waals surface area contributed by atoms with Crippen molar-refractivity contribution in [3.8, 4) is 11.5 Å². The lowest BCUT2D eigenvalue weighted by atomic mass is 10.2. The van der Waals surface area contributed by atoms with Crippen LogP contribution in [0.15, 0.2) is 91.0 Å². The van der Waals surface area contributed by atoms with Crippen molar-refractivity contribution in [2.24, 2.45) is 0 Å². The summed E-state index contributed by atoms with van der Waals surface area (Å²) < 4.78 is 50.3. The van der Waals surface area contributed by atoms with E-state index < -0.39 is 23.0 Å². The Hall–Kier alpha value is -5.07. The average molecular weight is 573 g/mol. The molecule has 1 unspecified atom stereocenters. The molecule has 1 amide bonds. The number of fused-ring (bicyclic) bond motifs is 1. The molecule has 0 aliphatic rings. The highest BCUT2D eigenvalue weighted by Crippen LogP contribution is 2.36. The smallest absolute Gasteiger partial charge is 0.255 e. The lowest BCUT2D eigenvalue weighted by molar-refractivity contribution is 0.102. The topological polar surface area (TPSA) is 129 Å². The Morgan fingerprint density at radius 3 is 2.15 bits per heavy atom. The Morgan fingerprint density at radius 2 is 1.51 bits per heavy atom. The van der Waals surface area contributed by atoms with Gasteiger partial charge in [0.25, 0.3) is 5.91 Å². The van der Waals surface area contributed by atoms with E-state index in [-0.39, 0.29) is 22.9 Å². The number of nitrogens with one attached hydrogen (secondary N) is 2. The standard InChI is InChI=1S/C29H24FN5O5S/c1-39-23-15-21(16-24(17-23)40-2)31-27-28(34-26-9-4-3-8-25(26)33-27)35(41(37)38)22-7-5-6-20(14-22)32-29(36)18-10-12-19(30)13-11-18/h3-17H,1-2H3,(H,31,33)(H,32,36)(H,37,38)/p-1. The SMILES string of the molecule is COc1cc(Nc2nc3ccccc3nc2N(c2cccc(NC(=O)c3ccc(F)cc3)c2)S(=O)[O-])cc(OC)c1. The molecular formula is C29H23FN5O5S-. The summed E-state index contributed by atoms with van der Waals surface area (Å²) in [5.74, 6) is 0.193. The Kier molecular flexibility index (Phi) is 8.04. The van der Waals surface area contributed by atoms with Crippen LogP contribution in [-0.4, -0.2) is 38.9 Å². The molecule has 0 bridgehead atoms. The minimum atomic E-state index is -2.85. The van der Waals surface area contributed by atoms with Gasteiger partial charge in [-0.2, -0.15) is 0 Å². The van der Waals surface area contributed by atoms with E-state index in [2.05, 4.69) is 20.6 Å². The minimum Gasteiger partial charge on any atom is -0.755 e. The maximum atomic E-state index is 13.3. The van der Waals surface area contributed by atoms with Crippen LogP contribution in [0.2, 0.25) is 0 Å². The molecule has 5 aromatic rings. The second kappa shape index (κ2) is 12.0. The van der Waals surface area contributed by atoms with Gasteiger partial charge < -0.3 is 24.7 Å². The number of methoxy groups -OCH3 is 2. The van der Waals surface area contributed by atoms with Gasteiger partial charge in [0, 0.05) is 35.1 Å². The fourth-order valence-electron chi connectivity index (χ4n) is 4.03. The highest BCUT2D eigenvalue weighted by atomic mass is 32.2. The summed E-state index contributed by atoms with van der Waals surface area (Å²) in [4.78, 5) is 22.0. The number of halogens is 1. The highest BCUT2D eigenvalue weighted by Gasteiger charge is 2.21. The van der Waals surface area contributed by atoms with Gasteiger partial charge >= 0.3 is 0 Å². The minimum absolute atomic E-state index is 0.0131. The molecule has 0 fully saturated rings. The zero-order valence-corrected chi connectivity index (χ0v) is 22.6. The van der Waals surface area contributed by atoms with Gasteiger partial charge in [-0.1, -0.05) is 18.2 Å². The number of hydrogen-bond acceptors (Lipinski definition) is 8. The number of hydrogen-bond donors (Lipinski definition) is 2. The first-order chi connectivity index (χ1) is 19.8. The Bertz CT molecular complexity index is 1730. The van der Waals surface area contributed by atoms with Crippen LogP contribution in [0, 0.1) is 5.82 Å². The second-order valence-corrected chi connectivity index (χ2v) is 9.43. The molecule has 0 radical (unpaired) electrons. The molecule has 0 spiro atoms. The lowest BCUT2D eigenvalue weighted by Crippen LogP contribution is -2.22. The highest BCUT2D eigenvalue weighted by molar-refractivity contribution is 7.81. The van der Waals surface area contributed by atoms with Gasteiger partial charge in [0.05, 0.1) is 42.2 Å². The van der Waals surface area contributed by atoms with Crippen molar-refractivity contribution in [1.29, 1.82) is 0 Å². The van der Waals surface area contributed by atoms with E-state index >= 15 is 0 Å². The van der Waals surface area contributed by atoms with Crippen LogP contribution in [0.4, 0.5) is 33.1 Å². The largest absolute Gasteiger partial charge is 0.755 e. The number of carbonyl (C=O) groups is 1. The summed E-state index contributed by atoms with van der Waals surface area (Å²) >= 11 is -2.85. The summed E-state index contributed by atoms with van der Waals surface area (Å²) in [6.45, 7) is 0. The second-order valence-electron chi connectivity index (χ2n) is 8.63. The van der Waals surface area contributed by atoms with Crippen molar-refractivity contribution < 1.29 is 27.4 Å². The molecule has 0 aliphatic heterocycles. The van der Waals surface area contributed by atoms with Crippen molar-refractivity contribution >= 4 is 56.9 Å². The number of anilines is 5. The van der Waals surface area contributed by atoms with Gasteiger partial charge in [-0.25, -0.2) is 14.4 Å². The molecule has 1 heterocycles. The van der Waals surface area contributed by atoms with Gasteiger partial charge in [0.2, 0.25) is 0 Å². The maximum Gasteiger partial charge on any atom is 0.255 e. The van der Waals surface area contributed by atoms with E-state index in [1.807, 2.05) is 0 Å². The third-order valence-electron chi connectivity index (χ3n) is 5.95. The van der Waals surface area contributed by atoms with Crippen LogP contribution in [0.25, 0.3) is 11.0 Å². The van der Waals surface area contributed by atoms with Crippen LogP contribution in [0.5, 0.6) is 11.5 Å². The van der Waals surface area contributed by atoms with E-state index in [0.29, 0.717) is 33.9 Å². The van der Waals surface area contributed by atoms with E-state index in [1.165, 1.54) is 44.6 Å². The van der Waals surface area contributed by atoms with E-state index in [0.717, 1.165) is 4.31 Å². The van der Waals surface area contributed by atoms with Crippen molar-refractivity contribution in [3.05, 3.63) is 102 Å². The van der Waals surface area contributed by atoms with Crippen LogP contribution in [0.3, 0.4) is 0 Å². The zero-order valence-electron chi connectivity index (χ0n) is 21.8. The lowest BCUT2D eigenvalue weighted by Gasteiger charge is -2.27. The number of carbonyl (C=O) groups excluding carboxylic acids is 1. The molecule has 4 aromatic carbocycles. The van der Waals surface area contributed by atoms with Crippen LogP contribution < -0.4 is 24.4 Å². The van der Waals surface area contributed by atoms with E-state index in [1.54, 1.807) is 60.7 Å². The van der Waals surface area contributed by atoms with Crippen molar-refractivity contribution in [3.63, 3.8) is 0 Å². The van der Waals surface area contributed by atoms with Crippen LogP contribution in [-0.2, 0) is 11.3 Å². The van der Waals surface area contributed by atoms with Crippen LogP contribution >= 0.6 is 0 Å². The molecule has 0 aliphatic carbocycles. The summed E-state index contributed by atoms with van der Waals surface area (Å²) in [6, 6.07) is 23.4. The average Bonchev–Trinajstić information content (AvgIpc) is 2.97. The normalized spacial score (nSPS) is 11.5. The van der Waals surface area contributed by atoms with Crippen molar-refractivity contribution in [2.75, 3.05) is 29.2 Å². The van der Waals surface area contributed by atoms with Crippen LogP contribution in [0.1, 0.15) is 10.4 Å². The molecule has 1 atom stereocenters. The monoisotopic (exact) mass is 572 g/mol. The molecule has 1 aromatic heterocycles.